The maximum absolute atomic E-state index is 13.5. The zero-order valence-electron chi connectivity index (χ0n) is 8.51. The van der Waals surface area contributed by atoms with Gasteiger partial charge >= 0.3 is 0 Å². The van der Waals surface area contributed by atoms with Gasteiger partial charge in [0, 0.05) is 4.47 Å². The standard InChI is InChI=1S/C11H12BrF2NO/c12-6-4-7(13)11(8(14)5-6)15-9-2-1-3-10(9)16/h4-5,9-10,15-16H,1-3H2/t9-,10-/m1/s1. The Labute approximate surface area is 101 Å². The van der Waals surface area contributed by atoms with Crippen LogP contribution in [0.25, 0.3) is 0 Å². The van der Waals surface area contributed by atoms with E-state index < -0.39 is 17.7 Å². The molecule has 0 spiro atoms. The fourth-order valence-electron chi connectivity index (χ4n) is 1.97. The highest BCUT2D eigenvalue weighted by atomic mass is 79.9. The minimum atomic E-state index is -0.647. The summed E-state index contributed by atoms with van der Waals surface area (Å²) in [5.41, 5.74) is -0.158. The van der Waals surface area contributed by atoms with Crippen molar-refractivity contribution in [1.29, 1.82) is 0 Å². The third kappa shape index (κ3) is 2.35. The van der Waals surface area contributed by atoms with Gasteiger partial charge in [-0.05, 0) is 31.4 Å². The predicted octanol–water partition coefficient (Wildman–Crippen LogP) is 3.05. The van der Waals surface area contributed by atoms with Crippen LogP contribution in [-0.4, -0.2) is 17.3 Å². The molecule has 2 nitrogen and oxygen atoms in total. The van der Waals surface area contributed by atoms with Crippen molar-refractivity contribution in [3.05, 3.63) is 28.2 Å². The highest BCUT2D eigenvalue weighted by molar-refractivity contribution is 9.10. The molecule has 0 heterocycles. The van der Waals surface area contributed by atoms with Gasteiger partial charge in [0.15, 0.2) is 0 Å². The minimum Gasteiger partial charge on any atom is -0.391 e. The molecule has 1 aliphatic carbocycles. The van der Waals surface area contributed by atoms with Crippen LogP contribution in [0, 0.1) is 11.6 Å². The van der Waals surface area contributed by atoms with Crippen molar-refractivity contribution in [2.45, 2.75) is 31.4 Å². The summed E-state index contributed by atoms with van der Waals surface area (Å²) in [6.45, 7) is 0. The van der Waals surface area contributed by atoms with Gasteiger partial charge < -0.3 is 10.4 Å². The molecule has 1 aliphatic rings. The third-order valence-electron chi connectivity index (χ3n) is 2.82. The molecule has 0 aromatic heterocycles. The molecule has 0 saturated heterocycles. The molecule has 0 aliphatic heterocycles. The lowest BCUT2D eigenvalue weighted by Crippen LogP contribution is -2.28. The molecular weight excluding hydrogens is 280 g/mol. The minimum absolute atomic E-state index is 0.158. The van der Waals surface area contributed by atoms with Gasteiger partial charge in [0.05, 0.1) is 12.1 Å². The van der Waals surface area contributed by atoms with Gasteiger partial charge in [-0.25, -0.2) is 8.78 Å². The second kappa shape index (κ2) is 4.67. The molecule has 1 saturated carbocycles. The maximum atomic E-state index is 13.5. The smallest absolute Gasteiger partial charge is 0.150 e. The summed E-state index contributed by atoms with van der Waals surface area (Å²) in [6.07, 6.45) is 1.76. The zero-order chi connectivity index (χ0) is 11.7. The second-order valence-corrected chi connectivity index (χ2v) is 4.91. The van der Waals surface area contributed by atoms with Gasteiger partial charge in [-0.3, -0.25) is 0 Å². The monoisotopic (exact) mass is 291 g/mol. The van der Waals surface area contributed by atoms with E-state index in [0.29, 0.717) is 10.9 Å². The van der Waals surface area contributed by atoms with Gasteiger partial charge in [-0.2, -0.15) is 0 Å². The van der Waals surface area contributed by atoms with E-state index in [0.717, 1.165) is 12.8 Å². The number of rotatable bonds is 2. The van der Waals surface area contributed by atoms with Crippen LogP contribution in [0.1, 0.15) is 19.3 Å². The number of aliphatic hydroxyl groups excluding tert-OH is 1. The van der Waals surface area contributed by atoms with E-state index in [1.165, 1.54) is 12.1 Å². The Morgan fingerprint density at radius 3 is 2.38 bits per heavy atom. The lowest BCUT2D eigenvalue weighted by molar-refractivity contribution is 0.171. The first-order chi connectivity index (χ1) is 7.58. The van der Waals surface area contributed by atoms with Crippen LogP contribution in [0.2, 0.25) is 0 Å². The number of aliphatic hydroxyl groups is 1. The van der Waals surface area contributed by atoms with Crippen LogP contribution in [0.5, 0.6) is 0 Å². The van der Waals surface area contributed by atoms with Crippen molar-refractivity contribution in [3.63, 3.8) is 0 Å². The quantitative estimate of drug-likeness (QED) is 0.878. The second-order valence-electron chi connectivity index (χ2n) is 3.99. The fraction of sp³-hybridized carbons (Fsp3) is 0.455. The van der Waals surface area contributed by atoms with Gasteiger partial charge in [0.1, 0.15) is 17.3 Å². The summed E-state index contributed by atoms with van der Waals surface area (Å²) in [5.74, 6) is -1.29. The molecule has 2 atom stereocenters. The van der Waals surface area contributed by atoms with Crippen LogP contribution >= 0.6 is 15.9 Å². The van der Waals surface area contributed by atoms with E-state index in [2.05, 4.69) is 21.2 Å². The first-order valence-electron chi connectivity index (χ1n) is 5.17. The van der Waals surface area contributed by atoms with E-state index in [-0.39, 0.29) is 11.7 Å². The first kappa shape index (κ1) is 11.8. The van der Waals surface area contributed by atoms with Crippen molar-refractivity contribution in [3.8, 4) is 0 Å². The number of hydrogen-bond donors (Lipinski definition) is 2. The highest BCUT2D eigenvalue weighted by Crippen LogP contribution is 2.28. The maximum Gasteiger partial charge on any atom is 0.150 e. The summed E-state index contributed by atoms with van der Waals surface area (Å²) >= 11 is 3.01. The molecule has 2 rings (SSSR count). The molecule has 1 fully saturated rings. The van der Waals surface area contributed by atoms with Crippen molar-refractivity contribution < 1.29 is 13.9 Å². The molecule has 0 bridgehead atoms. The Bertz CT molecular complexity index is 377. The molecule has 0 unspecified atom stereocenters. The lowest BCUT2D eigenvalue weighted by Gasteiger charge is -2.18. The van der Waals surface area contributed by atoms with Crippen LogP contribution < -0.4 is 5.32 Å². The van der Waals surface area contributed by atoms with Gasteiger partial charge in [-0.1, -0.05) is 15.9 Å². The number of hydrogen-bond acceptors (Lipinski definition) is 2. The summed E-state index contributed by atoms with van der Waals surface area (Å²) < 4.78 is 27.3. The van der Waals surface area contributed by atoms with E-state index >= 15 is 0 Å². The van der Waals surface area contributed by atoms with E-state index in [1.54, 1.807) is 0 Å². The lowest BCUT2D eigenvalue weighted by atomic mass is 10.2. The van der Waals surface area contributed by atoms with Crippen LogP contribution in [0.3, 0.4) is 0 Å². The predicted molar refractivity (Wildman–Crippen MR) is 61.3 cm³/mol. The Morgan fingerprint density at radius 1 is 1.25 bits per heavy atom. The summed E-state index contributed by atoms with van der Waals surface area (Å²) in [6, 6.07) is 2.14. The molecule has 0 radical (unpaired) electrons. The number of nitrogens with one attached hydrogen (secondary N) is 1. The molecule has 16 heavy (non-hydrogen) atoms. The van der Waals surface area contributed by atoms with E-state index in [1.807, 2.05) is 0 Å². The largest absolute Gasteiger partial charge is 0.391 e. The summed E-state index contributed by atoms with van der Waals surface area (Å²) in [4.78, 5) is 0. The molecule has 2 N–H and O–H groups in total. The topological polar surface area (TPSA) is 32.3 Å². The Kier molecular flexibility index (Phi) is 3.44. The summed E-state index contributed by atoms with van der Waals surface area (Å²) in [5, 5.41) is 12.3. The van der Waals surface area contributed by atoms with Gasteiger partial charge in [0.2, 0.25) is 0 Å². The van der Waals surface area contributed by atoms with Crippen molar-refractivity contribution >= 4 is 21.6 Å². The highest BCUT2D eigenvalue weighted by Gasteiger charge is 2.26. The molecular formula is C11H12BrF2NO. The van der Waals surface area contributed by atoms with Gasteiger partial charge in [0.25, 0.3) is 0 Å². The Balaban J connectivity index is 2.21. The van der Waals surface area contributed by atoms with Crippen molar-refractivity contribution in [1.82, 2.24) is 0 Å². The zero-order valence-corrected chi connectivity index (χ0v) is 10.1. The summed E-state index contributed by atoms with van der Waals surface area (Å²) in [7, 11) is 0. The normalized spacial score (nSPS) is 24.8. The first-order valence-corrected chi connectivity index (χ1v) is 5.96. The third-order valence-corrected chi connectivity index (χ3v) is 3.27. The fourth-order valence-corrected chi connectivity index (χ4v) is 2.38. The Morgan fingerprint density at radius 2 is 1.88 bits per heavy atom. The van der Waals surface area contributed by atoms with Crippen molar-refractivity contribution in [2.24, 2.45) is 0 Å². The SMILES string of the molecule is O[C@@H]1CCC[C@H]1Nc1c(F)cc(Br)cc1F. The van der Waals surface area contributed by atoms with Crippen LogP contribution in [0.15, 0.2) is 16.6 Å². The molecule has 88 valence electrons. The molecule has 0 amide bonds. The van der Waals surface area contributed by atoms with E-state index in [4.69, 9.17) is 0 Å². The van der Waals surface area contributed by atoms with Crippen LogP contribution in [0.4, 0.5) is 14.5 Å². The van der Waals surface area contributed by atoms with Gasteiger partial charge in [-0.15, -0.1) is 0 Å². The average Bonchev–Trinajstić information content (AvgIpc) is 2.57. The van der Waals surface area contributed by atoms with Crippen molar-refractivity contribution in [2.75, 3.05) is 5.32 Å². The molecule has 1 aromatic rings. The van der Waals surface area contributed by atoms with E-state index in [9.17, 15) is 13.9 Å². The molecule has 1 aromatic carbocycles. The number of benzene rings is 1. The molecule has 5 heteroatoms. The number of anilines is 1. The average molecular weight is 292 g/mol. The van der Waals surface area contributed by atoms with Crippen LogP contribution in [-0.2, 0) is 0 Å². The Hall–Kier alpha value is -0.680. The number of halogens is 3.